The first kappa shape index (κ1) is 12.8. The average molecular weight is 298 g/mol. The molecule has 7 heteroatoms. The summed E-state index contributed by atoms with van der Waals surface area (Å²) in [6, 6.07) is 5.16. The van der Waals surface area contributed by atoms with Crippen LogP contribution in [0.15, 0.2) is 22.7 Å². The van der Waals surface area contributed by atoms with Crippen LogP contribution >= 0.6 is 23.4 Å². The summed E-state index contributed by atoms with van der Waals surface area (Å²) in [4.78, 5) is 4.36. The van der Waals surface area contributed by atoms with Crippen molar-refractivity contribution >= 4 is 29.1 Å². The van der Waals surface area contributed by atoms with Gasteiger partial charge in [0.1, 0.15) is 6.10 Å². The minimum atomic E-state index is -0.104. The van der Waals surface area contributed by atoms with E-state index in [1.54, 1.807) is 18.2 Å². The maximum atomic E-state index is 5.96. The molecule has 1 saturated heterocycles. The van der Waals surface area contributed by atoms with Crippen molar-refractivity contribution < 1.29 is 9.26 Å². The van der Waals surface area contributed by atoms with Crippen LogP contribution in [0.25, 0.3) is 11.5 Å². The third-order valence-corrected chi connectivity index (χ3v) is 3.92. The van der Waals surface area contributed by atoms with Gasteiger partial charge in [-0.05, 0) is 18.2 Å². The highest BCUT2D eigenvalue weighted by Crippen LogP contribution is 2.28. The number of rotatable bonds is 2. The van der Waals surface area contributed by atoms with Crippen molar-refractivity contribution in [3.05, 3.63) is 29.0 Å². The Hall–Kier alpha value is -1.24. The second kappa shape index (κ2) is 5.40. The topological polar surface area (TPSA) is 74.2 Å². The van der Waals surface area contributed by atoms with Gasteiger partial charge in [0.15, 0.2) is 0 Å². The largest absolute Gasteiger partial charge is 0.399 e. The lowest BCUT2D eigenvalue weighted by Gasteiger charge is -2.18. The van der Waals surface area contributed by atoms with E-state index < -0.39 is 0 Å². The van der Waals surface area contributed by atoms with Crippen molar-refractivity contribution in [2.75, 3.05) is 23.8 Å². The fourth-order valence-corrected chi connectivity index (χ4v) is 2.94. The number of hydrogen-bond donors (Lipinski definition) is 1. The van der Waals surface area contributed by atoms with Crippen LogP contribution in [0.3, 0.4) is 0 Å². The van der Waals surface area contributed by atoms with E-state index in [0.29, 0.717) is 34.6 Å². The number of thioether (sulfide) groups is 1. The molecule has 2 N–H and O–H groups in total. The molecule has 1 atom stereocenters. The summed E-state index contributed by atoms with van der Waals surface area (Å²) in [7, 11) is 0. The number of halogens is 1. The highest BCUT2D eigenvalue weighted by molar-refractivity contribution is 7.99. The molecular weight excluding hydrogens is 286 g/mol. The molecule has 5 nitrogen and oxygen atoms in total. The summed E-state index contributed by atoms with van der Waals surface area (Å²) in [6.45, 7) is 0.712. The first-order valence-electron chi connectivity index (χ1n) is 5.82. The Balaban J connectivity index is 1.87. The summed E-state index contributed by atoms with van der Waals surface area (Å²) in [5, 5.41) is 4.51. The van der Waals surface area contributed by atoms with E-state index in [1.807, 2.05) is 11.8 Å². The number of aromatic nitrogens is 2. The van der Waals surface area contributed by atoms with Crippen LogP contribution in [0.5, 0.6) is 0 Å². The van der Waals surface area contributed by atoms with E-state index in [9.17, 15) is 0 Å². The van der Waals surface area contributed by atoms with Gasteiger partial charge >= 0.3 is 0 Å². The molecule has 1 aromatic carbocycles. The second-order valence-corrected chi connectivity index (χ2v) is 5.75. The first-order chi connectivity index (χ1) is 9.22. The predicted molar refractivity (Wildman–Crippen MR) is 75.2 cm³/mol. The van der Waals surface area contributed by atoms with E-state index in [0.717, 1.165) is 11.5 Å². The summed E-state index contributed by atoms with van der Waals surface area (Å²) in [6.07, 6.45) is -0.104. The van der Waals surface area contributed by atoms with Gasteiger partial charge in [-0.3, -0.25) is 0 Å². The SMILES string of the molecule is Nc1cc(Cl)cc(-c2nc(C3CSCCO3)no2)c1. The molecular formula is C12H12ClN3O2S. The Kier molecular flexibility index (Phi) is 3.63. The lowest BCUT2D eigenvalue weighted by atomic mass is 10.2. The Morgan fingerprint density at radius 1 is 1.37 bits per heavy atom. The summed E-state index contributed by atoms with van der Waals surface area (Å²) < 4.78 is 10.9. The van der Waals surface area contributed by atoms with Gasteiger partial charge < -0.3 is 15.0 Å². The van der Waals surface area contributed by atoms with Gasteiger partial charge in [0.05, 0.1) is 6.61 Å². The number of nitrogens with two attached hydrogens (primary N) is 1. The zero-order valence-corrected chi connectivity index (χ0v) is 11.6. The quantitative estimate of drug-likeness (QED) is 0.859. The lowest BCUT2D eigenvalue weighted by Crippen LogP contribution is -2.16. The summed E-state index contributed by atoms with van der Waals surface area (Å²) in [5.41, 5.74) is 7.02. The third kappa shape index (κ3) is 2.86. The van der Waals surface area contributed by atoms with Crippen LogP contribution in [0, 0.1) is 0 Å². The monoisotopic (exact) mass is 297 g/mol. The molecule has 2 aromatic rings. The van der Waals surface area contributed by atoms with Gasteiger partial charge in [0.25, 0.3) is 5.89 Å². The summed E-state index contributed by atoms with van der Waals surface area (Å²) in [5.74, 6) is 2.83. The fourth-order valence-electron chi connectivity index (χ4n) is 1.86. The number of benzene rings is 1. The van der Waals surface area contributed by atoms with Crippen LogP contribution in [0.4, 0.5) is 5.69 Å². The first-order valence-corrected chi connectivity index (χ1v) is 7.35. The van der Waals surface area contributed by atoms with Crippen LogP contribution < -0.4 is 5.73 Å². The fraction of sp³-hybridized carbons (Fsp3) is 0.333. The van der Waals surface area contributed by atoms with Crippen LogP contribution in [0.1, 0.15) is 11.9 Å². The van der Waals surface area contributed by atoms with Gasteiger partial charge in [-0.15, -0.1) is 0 Å². The van der Waals surface area contributed by atoms with Gasteiger partial charge in [-0.25, -0.2) is 0 Å². The number of ether oxygens (including phenoxy) is 1. The zero-order chi connectivity index (χ0) is 13.2. The molecule has 0 spiro atoms. The third-order valence-electron chi connectivity index (χ3n) is 2.71. The van der Waals surface area contributed by atoms with Crippen molar-refractivity contribution in [2.45, 2.75) is 6.10 Å². The van der Waals surface area contributed by atoms with Crippen LogP contribution in [-0.4, -0.2) is 28.3 Å². The Morgan fingerprint density at radius 3 is 3.00 bits per heavy atom. The van der Waals surface area contributed by atoms with Gasteiger partial charge in [0, 0.05) is 27.8 Å². The molecule has 0 amide bonds. The number of nitrogen functional groups attached to an aromatic ring is 1. The minimum absolute atomic E-state index is 0.104. The molecule has 1 fully saturated rings. The van der Waals surface area contributed by atoms with E-state index in [-0.39, 0.29) is 6.10 Å². The smallest absolute Gasteiger partial charge is 0.258 e. The molecule has 0 aliphatic carbocycles. The van der Waals surface area contributed by atoms with Crippen molar-refractivity contribution in [2.24, 2.45) is 0 Å². The highest BCUT2D eigenvalue weighted by Gasteiger charge is 2.22. The highest BCUT2D eigenvalue weighted by atomic mass is 35.5. The molecule has 2 heterocycles. The lowest BCUT2D eigenvalue weighted by molar-refractivity contribution is 0.0677. The Bertz CT molecular complexity index is 564. The molecule has 1 aliphatic rings. The normalized spacial score (nSPS) is 19.5. The molecule has 1 unspecified atom stereocenters. The van der Waals surface area contributed by atoms with Crippen molar-refractivity contribution in [1.29, 1.82) is 0 Å². The predicted octanol–water partition coefficient (Wildman–Crippen LogP) is 2.78. The molecule has 19 heavy (non-hydrogen) atoms. The van der Waals surface area contributed by atoms with E-state index in [1.165, 1.54) is 0 Å². The maximum Gasteiger partial charge on any atom is 0.258 e. The molecule has 1 aliphatic heterocycles. The molecule has 0 bridgehead atoms. The van der Waals surface area contributed by atoms with Crippen LogP contribution in [0.2, 0.25) is 5.02 Å². The number of hydrogen-bond acceptors (Lipinski definition) is 6. The van der Waals surface area contributed by atoms with Gasteiger partial charge in [-0.1, -0.05) is 16.8 Å². The van der Waals surface area contributed by atoms with E-state index >= 15 is 0 Å². The van der Waals surface area contributed by atoms with Crippen molar-refractivity contribution in [3.8, 4) is 11.5 Å². The number of nitrogens with zero attached hydrogens (tertiary/aromatic N) is 2. The van der Waals surface area contributed by atoms with E-state index in [2.05, 4.69) is 10.1 Å². The average Bonchev–Trinajstić information content (AvgIpc) is 2.88. The maximum absolute atomic E-state index is 5.96. The summed E-state index contributed by atoms with van der Waals surface area (Å²) >= 11 is 7.78. The van der Waals surface area contributed by atoms with Crippen molar-refractivity contribution in [3.63, 3.8) is 0 Å². The van der Waals surface area contributed by atoms with Gasteiger partial charge in [-0.2, -0.15) is 16.7 Å². The molecule has 0 radical (unpaired) electrons. The molecule has 0 saturated carbocycles. The van der Waals surface area contributed by atoms with Crippen LogP contribution in [-0.2, 0) is 4.74 Å². The Morgan fingerprint density at radius 2 is 2.26 bits per heavy atom. The minimum Gasteiger partial charge on any atom is -0.399 e. The Labute approximate surface area is 119 Å². The number of anilines is 1. The van der Waals surface area contributed by atoms with Gasteiger partial charge in [0.2, 0.25) is 5.82 Å². The molecule has 1 aromatic heterocycles. The second-order valence-electron chi connectivity index (χ2n) is 4.17. The standard InChI is InChI=1S/C12H12ClN3O2S/c13-8-3-7(4-9(14)5-8)12-15-11(16-18-12)10-6-19-2-1-17-10/h3-5,10H,1-2,6,14H2. The van der Waals surface area contributed by atoms with Crippen molar-refractivity contribution in [1.82, 2.24) is 10.1 Å². The molecule has 100 valence electrons. The van der Waals surface area contributed by atoms with E-state index in [4.69, 9.17) is 26.6 Å². The molecule has 3 rings (SSSR count). The zero-order valence-electron chi connectivity index (χ0n) is 10.0.